The van der Waals surface area contributed by atoms with Crippen LogP contribution in [0.25, 0.3) is 0 Å². The summed E-state index contributed by atoms with van der Waals surface area (Å²) in [6.07, 6.45) is 1.29. The smallest absolute Gasteiger partial charge is 0.0127 e. The molecule has 1 aliphatic heterocycles. The molecule has 0 radical (unpaired) electrons. The second-order valence-corrected chi connectivity index (χ2v) is 6.78. The van der Waals surface area contributed by atoms with E-state index in [1.54, 1.807) is 11.1 Å². The molecule has 0 amide bonds. The molecule has 108 valence electrons. The third-order valence-electron chi connectivity index (χ3n) is 5.38. The zero-order valence-corrected chi connectivity index (χ0v) is 12.9. The number of piperidine rings is 1. The van der Waals surface area contributed by atoms with Gasteiger partial charge < -0.3 is 5.32 Å². The van der Waals surface area contributed by atoms with Crippen LogP contribution in [0.4, 0.5) is 0 Å². The number of fused-ring (bicyclic) bond motifs is 3. The highest BCUT2D eigenvalue weighted by Crippen LogP contribution is 2.52. The Kier molecular flexibility index (Phi) is 3.11. The average molecular weight is 277 g/mol. The first-order valence-electron chi connectivity index (χ1n) is 8.12. The molecule has 0 aromatic heterocycles. The summed E-state index contributed by atoms with van der Waals surface area (Å²) in [4.78, 5) is 0. The molecule has 3 atom stereocenters. The number of benzene rings is 2. The molecule has 1 nitrogen and oxygen atoms in total. The standard InChI is InChI=1S/C20H23N/c1-13-3-6-15(7-4-13)20-17-9-10-21-12-19(17)16-8-5-14(2)11-18(16)20/h3-8,11,17,19-21H,9-10,12H2,1-2H3/t17-,19-,20+/m0/s1. The maximum Gasteiger partial charge on any atom is 0.0127 e. The SMILES string of the molecule is Cc1ccc([C@H]2c3cc(C)ccc3[C@@H]3CNCC[C@H]23)cc1. The highest BCUT2D eigenvalue weighted by Gasteiger charge is 2.42. The van der Waals surface area contributed by atoms with Crippen molar-refractivity contribution in [1.82, 2.24) is 5.32 Å². The fraction of sp³-hybridized carbons (Fsp3) is 0.400. The first kappa shape index (κ1) is 13.1. The molecule has 2 aromatic rings. The molecule has 2 aliphatic rings. The van der Waals surface area contributed by atoms with Crippen molar-refractivity contribution < 1.29 is 0 Å². The van der Waals surface area contributed by atoms with Gasteiger partial charge in [0.05, 0.1) is 0 Å². The van der Waals surface area contributed by atoms with E-state index in [0.717, 1.165) is 19.0 Å². The van der Waals surface area contributed by atoms with Gasteiger partial charge in [-0.05, 0) is 49.4 Å². The van der Waals surface area contributed by atoms with E-state index in [4.69, 9.17) is 0 Å². The number of hydrogen-bond donors (Lipinski definition) is 1. The lowest BCUT2D eigenvalue weighted by molar-refractivity contribution is 0.324. The summed E-state index contributed by atoms with van der Waals surface area (Å²) in [5.41, 5.74) is 7.41. The summed E-state index contributed by atoms with van der Waals surface area (Å²) in [6.45, 7) is 6.69. The molecule has 0 saturated carbocycles. The van der Waals surface area contributed by atoms with Crippen LogP contribution in [0, 0.1) is 19.8 Å². The predicted octanol–water partition coefficient (Wildman–Crippen LogP) is 4.14. The molecule has 4 rings (SSSR count). The van der Waals surface area contributed by atoms with E-state index >= 15 is 0 Å². The molecule has 0 unspecified atom stereocenters. The van der Waals surface area contributed by atoms with Crippen molar-refractivity contribution in [2.24, 2.45) is 5.92 Å². The second-order valence-electron chi connectivity index (χ2n) is 6.78. The van der Waals surface area contributed by atoms with E-state index in [-0.39, 0.29) is 0 Å². The van der Waals surface area contributed by atoms with Crippen LogP contribution in [-0.4, -0.2) is 13.1 Å². The molecule has 1 heterocycles. The van der Waals surface area contributed by atoms with Crippen molar-refractivity contribution in [3.8, 4) is 0 Å². The second kappa shape index (κ2) is 4.99. The van der Waals surface area contributed by atoms with Crippen molar-refractivity contribution in [2.75, 3.05) is 13.1 Å². The quantitative estimate of drug-likeness (QED) is 0.826. The highest BCUT2D eigenvalue weighted by atomic mass is 14.9. The summed E-state index contributed by atoms with van der Waals surface area (Å²) < 4.78 is 0. The van der Waals surface area contributed by atoms with Gasteiger partial charge in [0.2, 0.25) is 0 Å². The van der Waals surface area contributed by atoms with Crippen LogP contribution in [0.1, 0.15) is 46.1 Å². The Morgan fingerprint density at radius 2 is 1.67 bits per heavy atom. The largest absolute Gasteiger partial charge is 0.316 e. The van der Waals surface area contributed by atoms with E-state index in [2.05, 4.69) is 61.6 Å². The summed E-state index contributed by atoms with van der Waals surface area (Å²) in [6, 6.07) is 16.3. The molecule has 1 heteroatoms. The van der Waals surface area contributed by atoms with Gasteiger partial charge in [0.1, 0.15) is 0 Å². The Morgan fingerprint density at radius 1 is 0.905 bits per heavy atom. The van der Waals surface area contributed by atoms with Crippen molar-refractivity contribution in [2.45, 2.75) is 32.1 Å². The minimum absolute atomic E-state index is 0.590. The van der Waals surface area contributed by atoms with Gasteiger partial charge in [-0.2, -0.15) is 0 Å². The normalized spacial score (nSPS) is 27.2. The molecular weight excluding hydrogens is 254 g/mol. The molecule has 1 aliphatic carbocycles. The summed E-state index contributed by atoms with van der Waals surface area (Å²) >= 11 is 0. The molecule has 1 fully saturated rings. The van der Waals surface area contributed by atoms with Crippen LogP contribution in [0.15, 0.2) is 42.5 Å². The molecule has 0 spiro atoms. The number of nitrogens with one attached hydrogen (secondary N) is 1. The average Bonchev–Trinajstić information content (AvgIpc) is 2.82. The first-order valence-corrected chi connectivity index (χ1v) is 8.12. The van der Waals surface area contributed by atoms with Gasteiger partial charge in [-0.1, -0.05) is 53.6 Å². The maximum absolute atomic E-state index is 3.59. The lowest BCUT2D eigenvalue weighted by Gasteiger charge is -2.30. The fourth-order valence-corrected chi connectivity index (χ4v) is 4.35. The monoisotopic (exact) mass is 277 g/mol. The molecule has 1 N–H and O–H groups in total. The topological polar surface area (TPSA) is 12.0 Å². The molecule has 1 saturated heterocycles. The van der Waals surface area contributed by atoms with Gasteiger partial charge in [-0.25, -0.2) is 0 Å². The van der Waals surface area contributed by atoms with Crippen LogP contribution in [-0.2, 0) is 0 Å². The van der Waals surface area contributed by atoms with Gasteiger partial charge in [0.15, 0.2) is 0 Å². The highest BCUT2D eigenvalue weighted by molar-refractivity contribution is 5.48. The summed E-state index contributed by atoms with van der Waals surface area (Å²) in [5.74, 6) is 2.05. The Balaban J connectivity index is 1.85. The van der Waals surface area contributed by atoms with E-state index in [1.165, 1.54) is 23.1 Å². The fourth-order valence-electron chi connectivity index (χ4n) is 4.35. The van der Waals surface area contributed by atoms with Crippen molar-refractivity contribution in [3.05, 3.63) is 70.3 Å². The Morgan fingerprint density at radius 3 is 2.48 bits per heavy atom. The lowest BCUT2D eigenvalue weighted by Crippen LogP contribution is -2.34. The van der Waals surface area contributed by atoms with Crippen LogP contribution in [0.2, 0.25) is 0 Å². The minimum atomic E-state index is 0.590. The number of aryl methyl sites for hydroxylation is 2. The molecular formula is C20H23N. The van der Waals surface area contributed by atoms with Gasteiger partial charge in [0, 0.05) is 18.4 Å². The van der Waals surface area contributed by atoms with Crippen molar-refractivity contribution >= 4 is 0 Å². The summed E-state index contributed by atoms with van der Waals surface area (Å²) in [5, 5.41) is 3.59. The number of hydrogen-bond acceptors (Lipinski definition) is 1. The third kappa shape index (κ3) is 2.11. The molecule has 0 bridgehead atoms. The van der Waals surface area contributed by atoms with E-state index < -0.39 is 0 Å². The molecule has 21 heavy (non-hydrogen) atoms. The first-order chi connectivity index (χ1) is 10.2. The Hall–Kier alpha value is -1.60. The summed E-state index contributed by atoms with van der Waals surface area (Å²) in [7, 11) is 0. The maximum atomic E-state index is 3.59. The zero-order chi connectivity index (χ0) is 14.4. The predicted molar refractivity (Wildman–Crippen MR) is 87.9 cm³/mol. The Bertz CT molecular complexity index is 656. The van der Waals surface area contributed by atoms with Crippen LogP contribution < -0.4 is 5.32 Å². The minimum Gasteiger partial charge on any atom is -0.316 e. The van der Waals surface area contributed by atoms with Crippen LogP contribution in [0.5, 0.6) is 0 Å². The van der Waals surface area contributed by atoms with E-state index in [1.807, 2.05) is 0 Å². The molecule has 2 aromatic carbocycles. The van der Waals surface area contributed by atoms with E-state index in [0.29, 0.717) is 11.8 Å². The zero-order valence-electron chi connectivity index (χ0n) is 12.9. The third-order valence-corrected chi connectivity index (χ3v) is 5.38. The van der Waals surface area contributed by atoms with Crippen LogP contribution in [0.3, 0.4) is 0 Å². The Labute approximate surface area is 127 Å². The van der Waals surface area contributed by atoms with Gasteiger partial charge in [-0.3, -0.25) is 0 Å². The van der Waals surface area contributed by atoms with Gasteiger partial charge in [-0.15, -0.1) is 0 Å². The van der Waals surface area contributed by atoms with Gasteiger partial charge in [0.25, 0.3) is 0 Å². The van der Waals surface area contributed by atoms with Gasteiger partial charge >= 0.3 is 0 Å². The van der Waals surface area contributed by atoms with Crippen molar-refractivity contribution in [3.63, 3.8) is 0 Å². The lowest BCUT2D eigenvalue weighted by atomic mass is 9.78. The number of rotatable bonds is 1. The van der Waals surface area contributed by atoms with E-state index in [9.17, 15) is 0 Å². The van der Waals surface area contributed by atoms with Crippen LogP contribution >= 0.6 is 0 Å². The van der Waals surface area contributed by atoms with Crippen molar-refractivity contribution in [1.29, 1.82) is 0 Å².